The van der Waals surface area contributed by atoms with Crippen molar-refractivity contribution in [3.05, 3.63) is 64.6 Å². The van der Waals surface area contributed by atoms with Gasteiger partial charge in [0.2, 0.25) is 0 Å². The van der Waals surface area contributed by atoms with Crippen molar-refractivity contribution in [1.82, 2.24) is 10.1 Å². The van der Waals surface area contributed by atoms with E-state index in [1.807, 2.05) is 48.5 Å². The molecule has 100 valence electrons. The van der Waals surface area contributed by atoms with Crippen LogP contribution >= 0.6 is 15.9 Å². The number of nitrogens with zero attached hydrogens (tertiary/aromatic N) is 1. The lowest BCUT2D eigenvalue weighted by molar-refractivity contribution is 0.388. The summed E-state index contributed by atoms with van der Waals surface area (Å²) in [5.41, 5.74) is 4.01. The first kappa shape index (κ1) is 12.9. The standard InChI is InChI=1S/C15H11BrN2O2/c16-9-10-6-7-12(11-4-2-1-3-5-11)13(8-10)14-17-15(19)20-18-14/h1-8H,9H2,(H,17,18,19). The molecule has 1 N–H and O–H groups in total. The molecular formula is C15H11BrN2O2. The van der Waals surface area contributed by atoms with Crippen molar-refractivity contribution >= 4 is 15.9 Å². The second kappa shape index (κ2) is 5.46. The lowest BCUT2D eigenvalue weighted by Crippen LogP contribution is -1.96. The maximum atomic E-state index is 11.2. The monoisotopic (exact) mass is 330 g/mol. The van der Waals surface area contributed by atoms with Crippen LogP contribution in [0.1, 0.15) is 5.56 Å². The minimum absolute atomic E-state index is 0.441. The molecular weight excluding hydrogens is 320 g/mol. The van der Waals surface area contributed by atoms with Gasteiger partial charge in [-0.3, -0.25) is 9.51 Å². The molecule has 5 heteroatoms. The molecule has 0 amide bonds. The molecule has 3 aromatic rings. The van der Waals surface area contributed by atoms with E-state index in [4.69, 9.17) is 0 Å². The van der Waals surface area contributed by atoms with Gasteiger partial charge in [-0.1, -0.05) is 63.6 Å². The molecule has 0 radical (unpaired) electrons. The Kier molecular flexibility index (Phi) is 3.52. The van der Waals surface area contributed by atoms with Crippen LogP contribution in [0.3, 0.4) is 0 Å². The molecule has 0 saturated carbocycles. The lowest BCUT2D eigenvalue weighted by Gasteiger charge is -2.08. The SMILES string of the molecule is O=c1[nH]c(-c2cc(CBr)ccc2-c2ccccc2)no1. The van der Waals surface area contributed by atoms with Gasteiger partial charge < -0.3 is 0 Å². The van der Waals surface area contributed by atoms with Gasteiger partial charge in [0.15, 0.2) is 5.82 Å². The zero-order valence-electron chi connectivity index (χ0n) is 10.5. The Balaban J connectivity index is 2.22. The highest BCUT2D eigenvalue weighted by Crippen LogP contribution is 2.31. The first-order chi connectivity index (χ1) is 9.78. The topological polar surface area (TPSA) is 58.9 Å². The molecule has 2 aromatic carbocycles. The predicted octanol–water partition coefficient (Wildman–Crippen LogP) is 3.59. The van der Waals surface area contributed by atoms with Gasteiger partial charge in [-0.2, -0.15) is 0 Å². The summed E-state index contributed by atoms with van der Waals surface area (Å²) in [5, 5.41) is 4.52. The van der Waals surface area contributed by atoms with Gasteiger partial charge in [0, 0.05) is 10.9 Å². The van der Waals surface area contributed by atoms with Crippen molar-refractivity contribution in [2.75, 3.05) is 0 Å². The number of hydrogen-bond acceptors (Lipinski definition) is 3. The number of aromatic nitrogens is 2. The number of rotatable bonds is 3. The maximum Gasteiger partial charge on any atom is 0.439 e. The summed E-state index contributed by atoms with van der Waals surface area (Å²) >= 11 is 3.43. The molecule has 0 aliphatic rings. The zero-order chi connectivity index (χ0) is 13.9. The van der Waals surface area contributed by atoms with Crippen LogP contribution in [0.5, 0.6) is 0 Å². The maximum absolute atomic E-state index is 11.2. The van der Waals surface area contributed by atoms with Crippen LogP contribution in [0.4, 0.5) is 0 Å². The van der Waals surface area contributed by atoms with Crippen molar-refractivity contribution in [2.45, 2.75) is 5.33 Å². The van der Waals surface area contributed by atoms with Crippen LogP contribution in [-0.2, 0) is 5.33 Å². The Labute approximate surface area is 123 Å². The van der Waals surface area contributed by atoms with E-state index in [0.717, 1.165) is 27.6 Å². The molecule has 0 unspecified atom stereocenters. The first-order valence-electron chi connectivity index (χ1n) is 6.08. The second-order valence-electron chi connectivity index (χ2n) is 4.32. The van der Waals surface area contributed by atoms with Crippen molar-refractivity contribution in [1.29, 1.82) is 0 Å². The molecule has 0 aliphatic heterocycles. The predicted molar refractivity (Wildman–Crippen MR) is 80.6 cm³/mol. The van der Waals surface area contributed by atoms with E-state index in [-0.39, 0.29) is 0 Å². The third kappa shape index (κ3) is 2.44. The Bertz CT molecular complexity index is 778. The van der Waals surface area contributed by atoms with Crippen molar-refractivity contribution in [3.8, 4) is 22.5 Å². The number of benzene rings is 2. The molecule has 20 heavy (non-hydrogen) atoms. The molecule has 1 aromatic heterocycles. The fourth-order valence-corrected chi connectivity index (χ4v) is 2.43. The fourth-order valence-electron chi connectivity index (χ4n) is 2.09. The Hall–Kier alpha value is -2.14. The highest BCUT2D eigenvalue weighted by atomic mass is 79.9. The van der Waals surface area contributed by atoms with Gasteiger partial charge in [0.25, 0.3) is 0 Å². The highest BCUT2D eigenvalue weighted by Gasteiger charge is 2.12. The summed E-state index contributed by atoms with van der Waals surface area (Å²) in [4.78, 5) is 13.8. The van der Waals surface area contributed by atoms with Crippen molar-refractivity contribution < 1.29 is 4.52 Å². The third-order valence-electron chi connectivity index (χ3n) is 3.02. The van der Waals surface area contributed by atoms with Crippen LogP contribution in [0.15, 0.2) is 57.8 Å². The van der Waals surface area contributed by atoms with Gasteiger partial charge in [-0.05, 0) is 22.8 Å². The van der Waals surface area contributed by atoms with E-state index >= 15 is 0 Å². The number of halogens is 1. The first-order valence-corrected chi connectivity index (χ1v) is 7.21. The molecule has 1 heterocycles. The van der Waals surface area contributed by atoms with E-state index in [1.165, 1.54) is 0 Å². The summed E-state index contributed by atoms with van der Waals surface area (Å²) in [6.07, 6.45) is 0. The van der Waals surface area contributed by atoms with E-state index in [9.17, 15) is 4.79 Å². The minimum Gasteiger partial charge on any atom is -0.296 e. The van der Waals surface area contributed by atoms with E-state index < -0.39 is 5.76 Å². The van der Waals surface area contributed by atoms with Gasteiger partial charge in [0.1, 0.15) is 0 Å². The van der Waals surface area contributed by atoms with Crippen LogP contribution in [-0.4, -0.2) is 10.1 Å². The van der Waals surface area contributed by atoms with Gasteiger partial charge in [-0.25, -0.2) is 4.79 Å². The summed E-state index contributed by atoms with van der Waals surface area (Å²) in [6, 6.07) is 16.0. The average molecular weight is 331 g/mol. The van der Waals surface area contributed by atoms with Gasteiger partial charge in [0.05, 0.1) is 0 Å². The average Bonchev–Trinajstić information content (AvgIpc) is 2.94. The molecule has 0 fully saturated rings. The number of aromatic amines is 1. The van der Waals surface area contributed by atoms with E-state index in [1.54, 1.807) is 0 Å². The van der Waals surface area contributed by atoms with Crippen LogP contribution in [0.2, 0.25) is 0 Å². The molecule has 0 atom stereocenters. The van der Waals surface area contributed by atoms with Crippen molar-refractivity contribution in [2.24, 2.45) is 0 Å². The Morgan fingerprint density at radius 1 is 1.10 bits per heavy atom. The summed E-state index contributed by atoms with van der Waals surface area (Å²) < 4.78 is 4.61. The molecule has 0 bridgehead atoms. The number of H-pyrrole nitrogens is 1. The normalized spacial score (nSPS) is 10.7. The minimum atomic E-state index is -0.553. The Morgan fingerprint density at radius 2 is 1.90 bits per heavy atom. The summed E-state index contributed by atoms with van der Waals surface area (Å²) in [5.74, 6) is -0.111. The fraction of sp³-hybridized carbons (Fsp3) is 0.0667. The van der Waals surface area contributed by atoms with Crippen LogP contribution in [0.25, 0.3) is 22.5 Å². The third-order valence-corrected chi connectivity index (χ3v) is 3.67. The van der Waals surface area contributed by atoms with Crippen LogP contribution in [0, 0.1) is 0 Å². The molecule has 3 rings (SSSR count). The molecule has 0 aliphatic carbocycles. The molecule has 0 spiro atoms. The van der Waals surface area contributed by atoms with Gasteiger partial charge in [-0.15, -0.1) is 0 Å². The quantitative estimate of drug-likeness (QED) is 0.746. The van der Waals surface area contributed by atoms with Crippen molar-refractivity contribution in [3.63, 3.8) is 0 Å². The summed E-state index contributed by atoms with van der Waals surface area (Å²) in [7, 11) is 0. The lowest BCUT2D eigenvalue weighted by atomic mass is 9.97. The zero-order valence-corrected chi connectivity index (χ0v) is 12.1. The number of nitrogens with one attached hydrogen (secondary N) is 1. The highest BCUT2D eigenvalue weighted by molar-refractivity contribution is 9.08. The van der Waals surface area contributed by atoms with E-state index in [0.29, 0.717) is 5.82 Å². The second-order valence-corrected chi connectivity index (χ2v) is 4.88. The Morgan fingerprint density at radius 3 is 2.55 bits per heavy atom. The summed E-state index contributed by atoms with van der Waals surface area (Å²) in [6.45, 7) is 0. The number of alkyl halides is 1. The van der Waals surface area contributed by atoms with E-state index in [2.05, 4.69) is 30.6 Å². The smallest absolute Gasteiger partial charge is 0.296 e. The van der Waals surface area contributed by atoms with Gasteiger partial charge >= 0.3 is 5.76 Å². The number of hydrogen-bond donors (Lipinski definition) is 1. The largest absolute Gasteiger partial charge is 0.439 e. The molecule has 4 nitrogen and oxygen atoms in total. The van der Waals surface area contributed by atoms with Crippen LogP contribution < -0.4 is 5.76 Å². The molecule has 0 saturated heterocycles.